The van der Waals surface area contributed by atoms with Crippen LogP contribution in [0.15, 0.2) is 14.7 Å². The van der Waals surface area contributed by atoms with Gasteiger partial charge in [0.15, 0.2) is 16.3 Å². The van der Waals surface area contributed by atoms with Gasteiger partial charge in [0.25, 0.3) is 5.56 Å². The van der Waals surface area contributed by atoms with Crippen molar-refractivity contribution in [2.45, 2.75) is 154 Å². The molecule has 0 saturated heterocycles. The molecule has 0 aromatic carbocycles. The van der Waals surface area contributed by atoms with Crippen molar-refractivity contribution in [3.8, 4) is 0 Å². The summed E-state index contributed by atoms with van der Waals surface area (Å²) in [6, 6.07) is 0. The number of H-pyrrole nitrogens is 1. The minimum Gasteiger partial charge on any atom is -0.313 e. The molecule has 0 atom stereocenters. The number of aromatic nitrogens is 4. The van der Waals surface area contributed by atoms with E-state index in [9.17, 15) is 9.59 Å². The summed E-state index contributed by atoms with van der Waals surface area (Å²) >= 11 is 1.73. The maximum absolute atomic E-state index is 12.7. The van der Waals surface area contributed by atoms with Gasteiger partial charge in [0.1, 0.15) is 0 Å². The van der Waals surface area contributed by atoms with Crippen LogP contribution in [-0.2, 0) is 13.6 Å². The number of nitrogens with one attached hydrogen (secondary N) is 1. The molecule has 212 valence electrons. The molecule has 2 aromatic rings. The number of nitrogens with zero attached hydrogens (tertiary/aromatic N) is 3. The lowest BCUT2D eigenvalue weighted by Gasteiger charge is -2.09. The molecule has 0 aliphatic rings. The molecule has 37 heavy (non-hydrogen) atoms. The summed E-state index contributed by atoms with van der Waals surface area (Å²) in [5, 5.41) is 0.880. The van der Waals surface area contributed by atoms with Gasteiger partial charge >= 0.3 is 5.69 Å². The number of unbranched alkanes of at least 4 members (excludes halogenated alkanes) is 18. The highest BCUT2D eigenvalue weighted by atomic mass is 32.2. The van der Waals surface area contributed by atoms with Gasteiger partial charge in [-0.15, -0.1) is 0 Å². The third kappa shape index (κ3) is 11.8. The van der Waals surface area contributed by atoms with Crippen LogP contribution in [-0.4, -0.2) is 24.9 Å². The highest BCUT2D eigenvalue weighted by Gasteiger charge is 2.17. The molecule has 0 bridgehead atoms. The Morgan fingerprint density at radius 3 is 1.65 bits per heavy atom. The Balaban J connectivity index is 1.74. The Labute approximate surface area is 229 Å². The van der Waals surface area contributed by atoms with Crippen LogP contribution in [0.1, 0.15) is 142 Å². The number of aryl methyl sites for hydroxylation is 2. The second-order valence-electron chi connectivity index (χ2n) is 10.7. The number of fused-ring (bicyclic) bond motifs is 1. The van der Waals surface area contributed by atoms with E-state index in [0.717, 1.165) is 30.3 Å². The standard InChI is InChI=1S/C30H54N4O2S/c1-4-6-8-10-12-13-14-15-16-17-18-19-20-22-24-34-26-27(33(3)29(36)32-28(26)35)31-30(34)37-25-23-21-11-9-7-5-2/h4-25H2,1-3H3,(H,32,35,36). The lowest BCUT2D eigenvalue weighted by atomic mass is 10.0. The van der Waals surface area contributed by atoms with E-state index < -0.39 is 5.69 Å². The molecule has 0 unspecified atom stereocenters. The molecule has 0 saturated carbocycles. The Morgan fingerprint density at radius 2 is 1.14 bits per heavy atom. The molecule has 1 N–H and O–H groups in total. The fourth-order valence-corrected chi connectivity index (χ4v) is 6.06. The zero-order valence-electron chi connectivity index (χ0n) is 24.1. The average Bonchev–Trinajstić information content (AvgIpc) is 3.26. The van der Waals surface area contributed by atoms with Crippen molar-refractivity contribution in [3.63, 3.8) is 0 Å². The van der Waals surface area contributed by atoms with E-state index in [4.69, 9.17) is 4.98 Å². The molecular formula is C30H54N4O2S. The predicted octanol–water partition coefficient (Wildman–Crippen LogP) is 8.36. The van der Waals surface area contributed by atoms with Crippen molar-refractivity contribution in [1.29, 1.82) is 0 Å². The summed E-state index contributed by atoms with van der Waals surface area (Å²) < 4.78 is 3.53. The molecule has 0 amide bonds. The van der Waals surface area contributed by atoms with Gasteiger partial charge in [-0.05, 0) is 12.8 Å². The van der Waals surface area contributed by atoms with Gasteiger partial charge in [-0.3, -0.25) is 14.3 Å². The molecule has 2 rings (SSSR count). The predicted molar refractivity (Wildman–Crippen MR) is 160 cm³/mol. The number of aromatic amines is 1. The van der Waals surface area contributed by atoms with Crippen molar-refractivity contribution >= 4 is 22.9 Å². The fourth-order valence-electron chi connectivity index (χ4n) is 5.04. The Bertz CT molecular complexity index is 978. The van der Waals surface area contributed by atoms with E-state index in [1.54, 1.807) is 18.8 Å². The topological polar surface area (TPSA) is 72.7 Å². The number of hydrogen-bond donors (Lipinski definition) is 1. The maximum Gasteiger partial charge on any atom is 0.329 e. The van der Waals surface area contributed by atoms with E-state index in [1.165, 1.54) is 120 Å². The first-order valence-corrected chi connectivity index (χ1v) is 16.4. The summed E-state index contributed by atoms with van der Waals surface area (Å²) in [4.78, 5) is 32.0. The summed E-state index contributed by atoms with van der Waals surface area (Å²) in [7, 11) is 1.69. The highest BCUT2D eigenvalue weighted by molar-refractivity contribution is 7.99. The molecule has 2 heterocycles. The molecule has 6 nitrogen and oxygen atoms in total. The van der Waals surface area contributed by atoms with Gasteiger partial charge in [0.2, 0.25) is 0 Å². The molecule has 2 aromatic heterocycles. The van der Waals surface area contributed by atoms with Crippen LogP contribution in [0.5, 0.6) is 0 Å². The van der Waals surface area contributed by atoms with E-state index in [1.807, 2.05) is 0 Å². The quantitative estimate of drug-likeness (QED) is 0.115. The fraction of sp³-hybridized carbons (Fsp3) is 0.833. The maximum atomic E-state index is 12.7. The van der Waals surface area contributed by atoms with E-state index in [-0.39, 0.29) is 5.56 Å². The first-order valence-electron chi connectivity index (χ1n) is 15.4. The van der Waals surface area contributed by atoms with Crippen molar-refractivity contribution in [2.24, 2.45) is 7.05 Å². The van der Waals surface area contributed by atoms with Crippen LogP contribution in [0.2, 0.25) is 0 Å². The molecule has 0 aliphatic heterocycles. The van der Waals surface area contributed by atoms with Gasteiger partial charge in [0, 0.05) is 19.3 Å². The van der Waals surface area contributed by atoms with Crippen molar-refractivity contribution in [2.75, 3.05) is 5.75 Å². The van der Waals surface area contributed by atoms with Crippen LogP contribution in [0, 0.1) is 0 Å². The lowest BCUT2D eigenvalue weighted by molar-refractivity contribution is 0.519. The monoisotopic (exact) mass is 534 g/mol. The van der Waals surface area contributed by atoms with Crippen LogP contribution in [0.4, 0.5) is 0 Å². The summed E-state index contributed by atoms with van der Waals surface area (Å²) in [6.45, 7) is 5.31. The van der Waals surface area contributed by atoms with Gasteiger partial charge in [0.05, 0.1) is 0 Å². The summed E-state index contributed by atoms with van der Waals surface area (Å²) in [5.74, 6) is 1.00. The normalized spacial score (nSPS) is 11.6. The van der Waals surface area contributed by atoms with Crippen molar-refractivity contribution in [1.82, 2.24) is 19.1 Å². The summed E-state index contributed by atoms with van der Waals surface area (Å²) in [5.41, 5.74) is 0.334. The number of rotatable bonds is 23. The third-order valence-electron chi connectivity index (χ3n) is 7.44. The van der Waals surface area contributed by atoms with Crippen LogP contribution in [0.3, 0.4) is 0 Å². The number of imidazole rings is 1. The van der Waals surface area contributed by atoms with Gasteiger partial charge in [-0.1, -0.05) is 141 Å². The Hall–Kier alpha value is -1.50. The van der Waals surface area contributed by atoms with Gasteiger partial charge < -0.3 is 4.57 Å². The zero-order valence-corrected chi connectivity index (χ0v) is 24.9. The molecular weight excluding hydrogens is 480 g/mol. The second kappa shape index (κ2) is 19.6. The average molecular weight is 535 g/mol. The SMILES string of the molecule is CCCCCCCCCCCCCCCCn1c(SCCCCCCCC)nc2c1c(=O)[nH]c(=O)n2C. The van der Waals surface area contributed by atoms with Crippen molar-refractivity contribution in [3.05, 3.63) is 20.8 Å². The minimum absolute atomic E-state index is 0.317. The van der Waals surface area contributed by atoms with Crippen LogP contribution in [0.25, 0.3) is 11.2 Å². The molecule has 0 spiro atoms. The van der Waals surface area contributed by atoms with Crippen molar-refractivity contribution < 1.29 is 0 Å². The molecule has 7 heteroatoms. The molecule has 0 aliphatic carbocycles. The van der Waals surface area contributed by atoms with Gasteiger partial charge in [-0.2, -0.15) is 0 Å². The second-order valence-corrected chi connectivity index (χ2v) is 11.8. The van der Waals surface area contributed by atoms with Gasteiger partial charge in [-0.25, -0.2) is 9.78 Å². The third-order valence-corrected chi connectivity index (χ3v) is 8.50. The largest absolute Gasteiger partial charge is 0.329 e. The van der Waals surface area contributed by atoms with Crippen LogP contribution >= 0.6 is 11.8 Å². The number of hydrogen-bond acceptors (Lipinski definition) is 4. The van der Waals surface area contributed by atoms with Crippen LogP contribution < -0.4 is 11.2 Å². The lowest BCUT2D eigenvalue weighted by Crippen LogP contribution is -2.29. The first-order chi connectivity index (χ1) is 18.1. The highest BCUT2D eigenvalue weighted by Crippen LogP contribution is 2.24. The molecule has 0 fully saturated rings. The summed E-state index contributed by atoms with van der Waals surface area (Å²) in [6.07, 6.45) is 26.2. The minimum atomic E-state index is -0.397. The molecule has 0 radical (unpaired) electrons. The Kier molecular flexibility index (Phi) is 16.8. The smallest absolute Gasteiger partial charge is 0.313 e. The first kappa shape index (κ1) is 31.7. The zero-order chi connectivity index (χ0) is 26.7. The van der Waals surface area contributed by atoms with E-state index in [0.29, 0.717) is 11.2 Å². The van der Waals surface area contributed by atoms with E-state index in [2.05, 4.69) is 23.4 Å². The van der Waals surface area contributed by atoms with E-state index >= 15 is 0 Å². The Morgan fingerprint density at radius 1 is 0.676 bits per heavy atom. The number of thioether (sulfide) groups is 1.